The van der Waals surface area contributed by atoms with Crippen molar-refractivity contribution in [3.05, 3.63) is 87.9 Å². The molecule has 0 bridgehead atoms. The molecular formula is C22H20Cl2N2O4S. The highest BCUT2D eigenvalue weighted by Gasteiger charge is 2.14. The van der Waals surface area contributed by atoms with Gasteiger partial charge in [-0.1, -0.05) is 47.0 Å². The van der Waals surface area contributed by atoms with Crippen molar-refractivity contribution in [2.45, 2.75) is 18.4 Å². The molecule has 0 heterocycles. The van der Waals surface area contributed by atoms with Crippen molar-refractivity contribution in [3.63, 3.8) is 0 Å². The number of anilines is 1. The van der Waals surface area contributed by atoms with Gasteiger partial charge in [-0.15, -0.1) is 0 Å². The van der Waals surface area contributed by atoms with Gasteiger partial charge in [-0.25, -0.2) is 8.42 Å². The summed E-state index contributed by atoms with van der Waals surface area (Å²) < 4.78 is 32.9. The second-order valence-electron chi connectivity index (χ2n) is 6.74. The Bertz CT molecular complexity index is 1170. The molecule has 6 nitrogen and oxygen atoms in total. The maximum absolute atomic E-state index is 12.5. The molecule has 1 amide bonds. The molecule has 31 heavy (non-hydrogen) atoms. The number of hydrogen-bond donors (Lipinski definition) is 2. The third-order valence-corrected chi connectivity index (χ3v) is 6.28. The van der Waals surface area contributed by atoms with Crippen molar-refractivity contribution >= 4 is 44.8 Å². The smallest absolute Gasteiger partial charge is 0.261 e. The van der Waals surface area contributed by atoms with Crippen molar-refractivity contribution in [1.82, 2.24) is 5.32 Å². The van der Waals surface area contributed by atoms with Crippen LogP contribution < -0.4 is 14.8 Å². The van der Waals surface area contributed by atoms with E-state index >= 15 is 0 Å². The van der Waals surface area contributed by atoms with E-state index in [0.29, 0.717) is 21.5 Å². The van der Waals surface area contributed by atoms with Crippen molar-refractivity contribution in [2.75, 3.05) is 11.3 Å². The molecule has 0 aliphatic rings. The predicted molar refractivity (Wildman–Crippen MR) is 122 cm³/mol. The van der Waals surface area contributed by atoms with Gasteiger partial charge in [0.1, 0.15) is 5.75 Å². The Balaban J connectivity index is 1.52. The molecule has 0 aliphatic heterocycles. The Morgan fingerprint density at radius 1 is 0.968 bits per heavy atom. The fourth-order valence-electron chi connectivity index (χ4n) is 2.61. The molecule has 0 aromatic heterocycles. The van der Waals surface area contributed by atoms with Gasteiger partial charge >= 0.3 is 0 Å². The van der Waals surface area contributed by atoms with Crippen LogP contribution in [0.3, 0.4) is 0 Å². The molecule has 0 aliphatic carbocycles. The second kappa shape index (κ2) is 10.0. The van der Waals surface area contributed by atoms with E-state index in [9.17, 15) is 13.2 Å². The van der Waals surface area contributed by atoms with Crippen LogP contribution in [-0.2, 0) is 21.4 Å². The lowest BCUT2D eigenvalue weighted by Crippen LogP contribution is -2.28. The third-order valence-electron chi connectivity index (χ3n) is 4.30. The maximum atomic E-state index is 12.5. The molecule has 3 aromatic carbocycles. The number of sulfonamides is 1. The lowest BCUT2D eigenvalue weighted by molar-refractivity contribution is -0.123. The first-order chi connectivity index (χ1) is 14.7. The molecule has 0 unspecified atom stereocenters. The average molecular weight is 479 g/mol. The molecular weight excluding hydrogens is 459 g/mol. The summed E-state index contributed by atoms with van der Waals surface area (Å²) in [6.07, 6.45) is 0. The van der Waals surface area contributed by atoms with Gasteiger partial charge in [0.25, 0.3) is 15.9 Å². The Morgan fingerprint density at radius 3 is 2.29 bits per heavy atom. The zero-order valence-corrected chi connectivity index (χ0v) is 18.9. The SMILES string of the molecule is Cc1ccc(NS(=O)(=O)c2ccc(OCC(=O)NCc3ccc(Cl)cc3Cl)cc2)cc1. The van der Waals surface area contributed by atoms with Crippen LogP contribution in [0.15, 0.2) is 71.6 Å². The summed E-state index contributed by atoms with van der Waals surface area (Å²) in [6, 6.07) is 17.9. The van der Waals surface area contributed by atoms with Crippen LogP contribution in [0.25, 0.3) is 0 Å². The Morgan fingerprint density at radius 2 is 1.65 bits per heavy atom. The average Bonchev–Trinajstić information content (AvgIpc) is 2.73. The molecule has 3 aromatic rings. The van der Waals surface area contributed by atoms with E-state index in [1.165, 1.54) is 24.3 Å². The van der Waals surface area contributed by atoms with Crippen LogP contribution in [0.1, 0.15) is 11.1 Å². The van der Waals surface area contributed by atoms with Gasteiger partial charge < -0.3 is 10.1 Å². The number of ether oxygens (including phenoxy) is 1. The molecule has 0 spiro atoms. The van der Waals surface area contributed by atoms with Crippen LogP contribution in [0.4, 0.5) is 5.69 Å². The van der Waals surface area contributed by atoms with Crippen molar-refractivity contribution in [2.24, 2.45) is 0 Å². The van der Waals surface area contributed by atoms with Crippen molar-refractivity contribution in [3.8, 4) is 5.75 Å². The van der Waals surface area contributed by atoms with Crippen molar-refractivity contribution in [1.29, 1.82) is 0 Å². The van der Waals surface area contributed by atoms with E-state index < -0.39 is 10.0 Å². The minimum absolute atomic E-state index is 0.0854. The van der Waals surface area contributed by atoms with Gasteiger partial charge in [0.2, 0.25) is 0 Å². The highest BCUT2D eigenvalue weighted by Crippen LogP contribution is 2.21. The molecule has 2 N–H and O–H groups in total. The zero-order chi connectivity index (χ0) is 22.4. The number of carbonyl (C=O) groups excluding carboxylic acids is 1. The van der Waals surface area contributed by atoms with Crippen LogP contribution in [0.5, 0.6) is 5.75 Å². The third kappa shape index (κ3) is 6.62. The van der Waals surface area contributed by atoms with Crippen molar-refractivity contribution < 1.29 is 17.9 Å². The molecule has 0 radical (unpaired) electrons. The van der Waals surface area contributed by atoms with E-state index in [2.05, 4.69) is 10.0 Å². The van der Waals surface area contributed by atoms with E-state index in [1.54, 1.807) is 30.3 Å². The largest absolute Gasteiger partial charge is 0.484 e. The van der Waals surface area contributed by atoms with Gasteiger partial charge in [-0.05, 0) is 61.0 Å². The van der Waals surface area contributed by atoms with Crippen LogP contribution in [-0.4, -0.2) is 20.9 Å². The number of amides is 1. The van der Waals surface area contributed by atoms with Gasteiger partial charge in [0, 0.05) is 22.3 Å². The van der Waals surface area contributed by atoms with Crippen LogP contribution >= 0.6 is 23.2 Å². The molecule has 0 saturated carbocycles. The first kappa shape index (κ1) is 22.9. The minimum Gasteiger partial charge on any atom is -0.484 e. The van der Waals surface area contributed by atoms with Crippen LogP contribution in [0, 0.1) is 6.92 Å². The summed E-state index contributed by atoms with van der Waals surface area (Å²) in [5.41, 5.74) is 2.24. The van der Waals surface area contributed by atoms with E-state index in [1.807, 2.05) is 19.1 Å². The number of aryl methyl sites for hydroxylation is 1. The highest BCUT2D eigenvalue weighted by atomic mass is 35.5. The fraction of sp³-hybridized carbons (Fsp3) is 0.136. The molecule has 9 heteroatoms. The van der Waals surface area contributed by atoms with Gasteiger partial charge in [-0.2, -0.15) is 0 Å². The summed E-state index contributed by atoms with van der Waals surface area (Å²) in [4.78, 5) is 12.1. The normalized spacial score (nSPS) is 11.1. The quantitative estimate of drug-likeness (QED) is 0.486. The molecule has 0 saturated heterocycles. The molecule has 162 valence electrons. The number of nitrogens with one attached hydrogen (secondary N) is 2. The van der Waals surface area contributed by atoms with E-state index in [0.717, 1.165) is 11.1 Å². The van der Waals surface area contributed by atoms with Gasteiger partial charge in [0.15, 0.2) is 6.61 Å². The number of benzene rings is 3. The van der Waals surface area contributed by atoms with Gasteiger partial charge in [0.05, 0.1) is 4.90 Å². The fourth-order valence-corrected chi connectivity index (χ4v) is 4.14. The second-order valence-corrected chi connectivity index (χ2v) is 9.27. The lowest BCUT2D eigenvalue weighted by Gasteiger charge is -2.11. The van der Waals surface area contributed by atoms with E-state index in [-0.39, 0.29) is 24.0 Å². The number of halogens is 2. The Labute approximate surface area is 191 Å². The lowest BCUT2D eigenvalue weighted by atomic mass is 10.2. The first-order valence-corrected chi connectivity index (χ1v) is 11.5. The standard InChI is InChI=1S/C22H20Cl2N2O4S/c1-15-2-6-18(7-3-15)26-31(28,29)20-10-8-19(9-11-20)30-14-22(27)25-13-16-4-5-17(23)12-21(16)24/h2-12,26H,13-14H2,1H3,(H,25,27). The Hall–Kier alpha value is -2.74. The topological polar surface area (TPSA) is 84.5 Å². The maximum Gasteiger partial charge on any atom is 0.261 e. The van der Waals surface area contributed by atoms with Gasteiger partial charge in [-0.3, -0.25) is 9.52 Å². The molecule has 0 fully saturated rings. The summed E-state index contributed by atoms with van der Waals surface area (Å²) in [6.45, 7) is 1.93. The Kier molecular flexibility index (Phi) is 7.43. The zero-order valence-electron chi connectivity index (χ0n) is 16.6. The monoisotopic (exact) mass is 478 g/mol. The molecule has 3 rings (SSSR count). The summed E-state index contributed by atoms with van der Waals surface area (Å²) in [5, 5.41) is 3.68. The van der Waals surface area contributed by atoms with Crippen LogP contribution in [0.2, 0.25) is 10.0 Å². The summed E-state index contributed by atoms with van der Waals surface area (Å²) in [7, 11) is -3.73. The van der Waals surface area contributed by atoms with E-state index in [4.69, 9.17) is 27.9 Å². The predicted octanol–water partition coefficient (Wildman–Crippen LogP) is 4.80. The number of rotatable bonds is 8. The molecule has 0 atom stereocenters. The first-order valence-electron chi connectivity index (χ1n) is 9.26. The summed E-state index contributed by atoms with van der Waals surface area (Å²) >= 11 is 11.9. The minimum atomic E-state index is -3.73. The highest BCUT2D eigenvalue weighted by molar-refractivity contribution is 7.92. The number of carbonyl (C=O) groups is 1. The summed E-state index contributed by atoms with van der Waals surface area (Å²) in [5.74, 6) is 0.0257. The number of hydrogen-bond acceptors (Lipinski definition) is 4.